The Morgan fingerprint density at radius 1 is 0.386 bits per heavy atom. The van der Waals surface area contributed by atoms with E-state index < -0.39 is 24.6 Å². The average molecular weight is 1010 g/mol. The second-order valence-corrected chi connectivity index (χ2v) is 21.7. The summed E-state index contributed by atoms with van der Waals surface area (Å²) in [6, 6.07) is 0. The van der Waals surface area contributed by atoms with E-state index in [1.54, 1.807) is 0 Å². The maximum Gasteiger partial charge on any atom is 0.503 e. The summed E-state index contributed by atoms with van der Waals surface area (Å²) in [6.07, 6.45) is 49.7. The molecule has 1 aliphatic heterocycles. The summed E-state index contributed by atoms with van der Waals surface area (Å²) in [5.74, 6) is 1.75. The summed E-state index contributed by atoms with van der Waals surface area (Å²) in [7, 11) is 2.42. The third-order valence-electron chi connectivity index (χ3n) is 15.0. The fourth-order valence-corrected chi connectivity index (χ4v) is 11.4. The first-order valence-electron chi connectivity index (χ1n) is 28.4. The molecular weight excluding hydrogens is 891 g/mol. The molecule has 0 spiro atoms. The van der Waals surface area contributed by atoms with E-state index in [9.17, 15) is 0 Å². The maximum atomic E-state index is 8.56. The van der Waals surface area contributed by atoms with Crippen LogP contribution in [-0.4, -0.2) is 88.5 Å². The molecule has 13 nitrogen and oxygen atoms in total. The van der Waals surface area contributed by atoms with E-state index in [4.69, 9.17) is 60.0 Å². The Kier molecular flexibility index (Phi) is 52.1. The van der Waals surface area contributed by atoms with Gasteiger partial charge in [0.25, 0.3) is 0 Å². The molecule has 70 heavy (non-hydrogen) atoms. The Bertz CT molecular complexity index is 1050. The molecule has 1 unspecified atom stereocenters. The zero-order valence-corrected chi connectivity index (χ0v) is 46.9. The van der Waals surface area contributed by atoms with Crippen molar-refractivity contribution < 1.29 is 60.0 Å². The first-order chi connectivity index (χ1) is 33.0. The molecule has 1 saturated heterocycles. The fraction of sp³-hybridized carbons (Fsp3) is 0.930. The molecular formula is C57H115NO12. The van der Waals surface area contributed by atoms with E-state index in [2.05, 4.69) is 67.3 Å². The third-order valence-corrected chi connectivity index (χ3v) is 15.0. The molecule has 1 atom stereocenters. The molecule has 420 valence electrons. The topological polar surface area (TPSA) is 233 Å². The van der Waals surface area contributed by atoms with Crippen molar-refractivity contribution in [2.45, 2.75) is 317 Å². The highest BCUT2D eigenvalue weighted by Crippen LogP contribution is 2.54. The summed E-state index contributed by atoms with van der Waals surface area (Å²) in [5, 5.41) is 55.8. The van der Waals surface area contributed by atoms with Gasteiger partial charge in [0.15, 0.2) is 0 Å². The van der Waals surface area contributed by atoms with E-state index in [1.807, 2.05) is 0 Å². The summed E-state index contributed by atoms with van der Waals surface area (Å²) in [6.45, 7) is 19.9. The molecule has 0 bridgehead atoms. The van der Waals surface area contributed by atoms with E-state index in [0.717, 1.165) is 11.8 Å². The van der Waals surface area contributed by atoms with E-state index in [1.165, 1.54) is 250 Å². The van der Waals surface area contributed by atoms with Crippen LogP contribution in [0.2, 0.25) is 0 Å². The summed E-state index contributed by atoms with van der Waals surface area (Å²) in [5.41, 5.74) is 1.13. The van der Waals surface area contributed by atoms with Crippen molar-refractivity contribution in [1.29, 1.82) is 0 Å². The minimum Gasteiger partial charge on any atom is -0.450 e. The molecule has 13 heteroatoms. The Morgan fingerprint density at radius 2 is 0.557 bits per heavy atom. The zero-order chi connectivity index (χ0) is 54.1. The standard InChI is InChI=1S/C53H107N.4CH2O3/c1-10-14-17-20-23-26-29-32-35-38-41-44-53(45-42-39-36-33-30-27-24-21-18-15-11-2,46-43-40-37-34-31-28-25-22-19-16-12-3)50(13-4)49-47-51(5,6)54(9)52(7,8)48-49;4*2-1(3)4/h49-50H,10-48H2,1-9H3;4*(H2,2,3,4). The van der Waals surface area contributed by atoms with Gasteiger partial charge in [-0.2, -0.15) is 0 Å². The Labute approximate surface area is 429 Å². The largest absolute Gasteiger partial charge is 0.503 e. The molecule has 0 aromatic rings. The van der Waals surface area contributed by atoms with Gasteiger partial charge in [0, 0.05) is 11.1 Å². The quantitative estimate of drug-likeness (QED) is 0.0268. The SMILES string of the molecule is CCCCCCCCCCCCCC(CCCCCCCCCCCCC)(CCCCCCCCCCCCC)C(CC)C1CC(C)(C)N(C)C(C)(C)C1.O=C(O)O.O=C(O)O.O=C(O)O.O=C(O)O. The monoisotopic (exact) mass is 1010 g/mol. The number of unbranched alkanes of at least 4 members (excludes halogenated alkanes) is 30. The minimum atomic E-state index is -1.83. The van der Waals surface area contributed by atoms with Crippen LogP contribution < -0.4 is 0 Å². The number of carboxylic acid groups (broad SMARTS) is 8. The van der Waals surface area contributed by atoms with Crippen molar-refractivity contribution >= 4 is 24.6 Å². The predicted molar refractivity (Wildman–Crippen MR) is 291 cm³/mol. The first kappa shape index (κ1) is 73.6. The van der Waals surface area contributed by atoms with Gasteiger partial charge in [0.1, 0.15) is 0 Å². The molecule has 0 aromatic heterocycles. The first-order valence-corrected chi connectivity index (χ1v) is 28.4. The van der Waals surface area contributed by atoms with Crippen LogP contribution in [0.4, 0.5) is 19.2 Å². The van der Waals surface area contributed by atoms with Gasteiger partial charge in [-0.25, -0.2) is 19.2 Å². The van der Waals surface area contributed by atoms with Gasteiger partial charge in [0.2, 0.25) is 0 Å². The van der Waals surface area contributed by atoms with Gasteiger partial charge < -0.3 is 40.9 Å². The zero-order valence-electron chi connectivity index (χ0n) is 46.9. The lowest BCUT2D eigenvalue weighted by Gasteiger charge is -2.57. The number of hydrogen-bond donors (Lipinski definition) is 8. The minimum absolute atomic E-state index is 0.287. The van der Waals surface area contributed by atoms with Gasteiger partial charge in [-0.05, 0) is 84.1 Å². The van der Waals surface area contributed by atoms with Crippen LogP contribution in [0.15, 0.2) is 0 Å². The van der Waals surface area contributed by atoms with Crippen molar-refractivity contribution in [2.75, 3.05) is 7.05 Å². The van der Waals surface area contributed by atoms with Gasteiger partial charge in [-0.3, -0.25) is 4.90 Å². The molecule has 0 aromatic carbocycles. The third kappa shape index (κ3) is 50.0. The van der Waals surface area contributed by atoms with Gasteiger partial charge in [0.05, 0.1) is 0 Å². The van der Waals surface area contributed by atoms with Crippen LogP contribution in [0.5, 0.6) is 0 Å². The van der Waals surface area contributed by atoms with Gasteiger partial charge in [-0.1, -0.05) is 246 Å². The maximum absolute atomic E-state index is 8.56. The average Bonchev–Trinajstić information content (AvgIpc) is 3.25. The number of rotatable bonds is 39. The molecule has 0 radical (unpaired) electrons. The fourth-order valence-electron chi connectivity index (χ4n) is 11.4. The summed E-state index contributed by atoms with van der Waals surface area (Å²) >= 11 is 0. The molecule has 1 fully saturated rings. The molecule has 1 aliphatic rings. The molecule has 0 aliphatic carbocycles. The number of nitrogens with zero attached hydrogens (tertiary/aromatic N) is 1. The molecule has 1 rings (SSSR count). The van der Waals surface area contributed by atoms with Crippen molar-refractivity contribution in [3.63, 3.8) is 0 Å². The van der Waals surface area contributed by atoms with Crippen LogP contribution >= 0.6 is 0 Å². The summed E-state index contributed by atoms with van der Waals surface area (Å²) in [4.78, 5) is 37.0. The van der Waals surface area contributed by atoms with Crippen LogP contribution in [0.25, 0.3) is 0 Å². The van der Waals surface area contributed by atoms with E-state index in [-0.39, 0.29) is 11.1 Å². The van der Waals surface area contributed by atoms with Crippen LogP contribution in [0, 0.1) is 17.3 Å². The van der Waals surface area contributed by atoms with Crippen molar-refractivity contribution in [1.82, 2.24) is 4.90 Å². The lowest BCUT2D eigenvalue weighted by atomic mass is 9.56. The van der Waals surface area contributed by atoms with Crippen molar-refractivity contribution in [3.8, 4) is 0 Å². The smallest absolute Gasteiger partial charge is 0.450 e. The summed E-state index contributed by atoms with van der Waals surface area (Å²) < 4.78 is 0. The molecule has 0 saturated carbocycles. The Balaban J connectivity index is -0.00000117. The van der Waals surface area contributed by atoms with Crippen molar-refractivity contribution in [2.24, 2.45) is 17.3 Å². The van der Waals surface area contributed by atoms with Crippen LogP contribution in [-0.2, 0) is 0 Å². The number of piperidine rings is 1. The van der Waals surface area contributed by atoms with E-state index in [0.29, 0.717) is 5.41 Å². The Hall–Kier alpha value is -2.96. The molecule has 0 amide bonds. The van der Waals surface area contributed by atoms with E-state index >= 15 is 0 Å². The van der Waals surface area contributed by atoms with Crippen molar-refractivity contribution in [3.05, 3.63) is 0 Å². The van der Waals surface area contributed by atoms with Crippen LogP contribution in [0.1, 0.15) is 306 Å². The predicted octanol–water partition coefficient (Wildman–Crippen LogP) is 19.9. The number of likely N-dealkylation sites (tertiary alicyclic amines) is 1. The highest BCUT2D eigenvalue weighted by atomic mass is 16.6. The lowest BCUT2D eigenvalue weighted by Crippen LogP contribution is -2.60. The second kappa shape index (κ2) is 49.6. The molecule has 8 N–H and O–H groups in total. The molecule has 1 heterocycles. The highest BCUT2D eigenvalue weighted by molar-refractivity contribution is 5.54. The second-order valence-electron chi connectivity index (χ2n) is 21.7. The van der Waals surface area contributed by atoms with Gasteiger partial charge in [-0.15, -0.1) is 0 Å². The normalized spacial score (nSPS) is 14.5. The highest BCUT2D eigenvalue weighted by Gasteiger charge is 2.49. The van der Waals surface area contributed by atoms with Crippen LogP contribution in [0.3, 0.4) is 0 Å². The Morgan fingerprint density at radius 3 is 0.729 bits per heavy atom. The van der Waals surface area contributed by atoms with Gasteiger partial charge >= 0.3 is 24.6 Å². The lowest BCUT2D eigenvalue weighted by molar-refractivity contribution is -0.0722. The number of hydrogen-bond acceptors (Lipinski definition) is 5. The number of carbonyl (C=O) groups is 4.